The van der Waals surface area contributed by atoms with Crippen molar-refractivity contribution in [2.45, 2.75) is 18.6 Å². The number of hydrogen-bond donors (Lipinski definition) is 1. The number of ether oxygens (including phenoxy) is 2. The Balaban J connectivity index is 1.24. The molecule has 0 bridgehead atoms. The summed E-state index contributed by atoms with van der Waals surface area (Å²) in [6.45, 7) is 4.42. The van der Waals surface area contributed by atoms with Crippen LogP contribution in [0.5, 0.6) is 0 Å². The molecular weight excluding hydrogens is 382 g/mol. The van der Waals surface area contributed by atoms with E-state index >= 15 is 0 Å². The minimum atomic E-state index is -0.468. The predicted octanol–water partition coefficient (Wildman–Crippen LogP) is 2.07. The van der Waals surface area contributed by atoms with Gasteiger partial charge in [-0.05, 0) is 17.7 Å². The van der Waals surface area contributed by atoms with Gasteiger partial charge in [0.25, 0.3) is 0 Å². The van der Waals surface area contributed by atoms with Crippen molar-refractivity contribution in [2.24, 2.45) is 0 Å². The number of cyclic esters (lactones) is 1. The Labute approximate surface area is 176 Å². The van der Waals surface area contributed by atoms with E-state index < -0.39 is 12.2 Å². The molecule has 0 saturated carbocycles. The van der Waals surface area contributed by atoms with Gasteiger partial charge in [0.15, 0.2) is 6.10 Å². The minimum absolute atomic E-state index is 0.0685. The highest BCUT2D eigenvalue weighted by molar-refractivity contribution is 5.73. The molecule has 2 fully saturated rings. The van der Waals surface area contributed by atoms with Crippen molar-refractivity contribution >= 4 is 17.7 Å². The molecule has 2 atom stereocenters. The largest absolute Gasteiger partial charge is 0.461 e. The van der Waals surface area contributed by atoms with Gasteiger partial charge in [0.2, 0.25) is 0 Å². The summed E-state index contributed by atoms with van der Waals surface area (Å²) in [5.74, 6) is -0.320. The lowest BCUT2D eigenvalue weighted by Crippen LogP contribution is -2.52. The van der Waals surface area contributed by atoms with Gasteiger partial charge >= 0.3 is 12.1 Å². The number of benzene rings is 2. The molecule has 2 aromatic carbocycles. The fraction of sp³-hybridized carbons (Fsp3) is 0.391. The van der Waals surface area contributed by atoms with Crippen LogP contribution >= 0.6 is 0 Å². The van der Waals surface area contributed by atoms with Crippen molar-refractivity contribution in [3.05, 3.63) is 66.2 Å². The number of anilines is 1. The third-order valence-corrected chi connectivity index (χ3v) is 5.56. The highest BCUT2D eigenvalue weighted by Gasteiger charge is 2.36. The van der Waals surface area contributed by atoms with Crippen molar-refractivity contribution in [1.82, 2.24) is 10.2 Å². The maximum absolute atomic E-state index is 12.1. The van der Waals surface area contributed by atoms with Crippen LogP contribution < -0.4 is 10.2 Å². The maximum Gasteiger partial charge on any atom is 0.408 e. The zero-order valence-electron chi connectivity index (χ0n) is 16.9. The number of rotatable bonds is 7. The van der Waals surface area contributed by atoms with Gasteiger partial charge in [-0.15, -0.1) is 0 Å². The first kappa shape index (κ1) is 20.2. The molecule has 2 saturated heterocycles. The Morgan fingerprint density at radius 3 is 2.37 bits per heavy atom. The van der Waals surface area contributed by atoms with Crippen molar-refractivity contribution in [1.29, 1.82) is 0 Å². The molecule has 0 spiro atoms. The second-order valence-corrected chi connectivity index (χ2v) is 7.66. The van der Waals surface area contributed by atoms with Crippen molar-refractivity contribution < 1.29 is 19.1 Å². The van der Waals surface area contributed by atoms with Crippen molar-refractivity contribution in [2.75, 3.05) is 44.2 Å². The standard InChI is InChI=1S/C23H27N3O4/c27-22(15-18-7-3-1-4-8-18)29-17-21-20(24-23(28)30-21)16-25-11-13-26(14-12-25)19-9-5-2-6-10-19/h1-10,20-21H,11-17H2,(H,24,28)/t20-,21+/m0/s1. The topological polar surface area (TPSA) is 71.1 Å². The van der Waals surface area contributed by atoms with Gasteiger partial charge in [-0.25, -0.2) is 4.79 Å². The molecule has 0 unspecified atom stereocenters. The number of nitrogens with one attached hydrogen (secondary N) is 1. The molecule has 1 N–H and O–H groups in total. The number of nitrogens with zero attached hydrogens (tertiary/aromatic N) is 2. The first-order chi connectivity index (χ1) is 14.7. The number of hydrogen-bond acceptors (Lipinski definition) is 6. The zero-order chi connectivity index (χ0) is 20.8. The van der Waals surface area contributed by atoms with Crippen LogP contribution in [0.25, 0.3) is 0 Å². The average Bonchev–Trinajstić information content (AvgIpc) is 3.13. The summed E-state index contributed by atoms with van der Waals surface area (Å²) in [5.41, 5.74) is 2.13. The fourth-order valence-electron chi connectivity index (χ4n) is 3.91. The number of carbonyl (C=O) groups excluding carboxylic acids is 2. The summed E-state index contributed by atoms with van der Waals surface area (Å²) in [4.78, 5) is 28.6. The van der Waals surface area contributed by atoms with E-state index in [0.717, 1.165) is 31.7 Å². The van der Waals surface area contributed by atoms with Crippen LogP contribution in [0.1, 0.15) is 5.56 Å². The molecule has 4 rings (SSSR count). The molecule has 30 heavy (non-hydrogen) atoms. The minimum Gasteiger partial charge on any atom is -0.461 e. The maximum atomic E-state index is 12.1. The lowest BCUT2D eigenvalue weighted by molar-refractivity contribution is -0.145. The molecule has 1 amide bonds. The normalized spacial score (nSPS) is 21.7. The Morgan fingerprint density at radius 1 is 1.00 bits per heavy atom. The lowest BCUT2D eigenvalue weighted by Gasteiger charge is -2.37. The zero-order valence-corrected chi connectivity index (χ0v) is 16.9. The molecule has 2 heterocycles. The van der Waals surface area contributed by atoms with Crippen LogP contribution in [0.15, 0.2) is 60.7 Å². The summed E-state index contributed by atoms with van der Waals surface area (Å²) >= 11 is 0. The van der Waals surface area contributed by atoms with Crippen molar-refractivity contribution in [3.8, 4) is 0 Å². The van der Waals surface area contributed by atoms with E-state index in [1.165, 1.54) is 5.69 Å². The molecule has 2 aliphatic rings. The summed E-state index contributed by atoms with van der Waals surface area (Å²) < 4.78 is 10.7. The molecule has 158 valence electrons. The van der Waals surface area contributed by atoms with Gasteiger partial charge in [0.1, 0.15) is 6.61 Å². The monoisotopic (exact) mass is 409 g/mol. The molecule has 0 aliphatic carbocycles. The van der Waals surface area contributed by atoms with E-state index in [9.17, 15) is 9.59 Å². The number of esters is 1. The predicted molar refractivity (Wildman–Crippen MR) is 113 cm³/mol. The van der Waals surface area contributed by atoms with Gasteiger partial charge in [-0.1, -0.05) is 48.5 Å². The summed E-state index contributed by atoms with van der Waals surface area (Å²) in [6, 6.07) is 19.6. The summed E-state index contributed by atoms with van der Waals surface area (Å²) in [7, 11) is 0. The quantitative estimate of drug-likeness (QED) is 0.706. The van der Waals surface area contributed by atoms with Crippen LogP contribution in [-0.4, -0.2) is 68.4 Å². The van der Waals surface area contributed by atoms with Crippen LogP contribution in [0.4, 0.5) is 10.5 Å². The first-order valence-corrected chi connectivity index (χ1v) is 10.4. The third-order valence-electron chi connectivity index (χ3n) is 5.56. The molecule has 7 heteroatoms. The molecule has 2 aromatic rings. The highest BCUT2D eigenvalue weighted by atomic mass is 16.6. The lowest BCUT2D eigenvalue weighted by atomic mass is 10.1. The number of piperazine rings is 1. The number of alkyl carbamates (subject to hydrolysis) is 1. The molecular formula is C23H27N3O4. The summed E-state index contributed by atoms with van der Waals surface area (Å²) in [6.07, 6.45) is -0.711. The Hall–Kier alpha value is -3.06. The molecule has 2 aliphatic heterocycles. The third kappa shape index (κ3) is 5.30. The van der Waals surface area contributed by atoms with E-state index in [1.807, 2.05) is 36.4 Å². The van der Waals surface area contributed by atoms with Gasteiger partial charge in [-0.2, -0.15) is 0 Å². The van der Waals surface area contributed by atoms with Crippen LogP contribution in [0, 0.1) is 0 Å². The van der Waals surface area contributed by atoms with Crippen LogP contribution in [0.3, 0.4) is 0 Å². The second-order valence-electron chi connectivity index (χ2n) is 7.66. The van der Waals surface area contributed by atoms with Crippen molar-refractivity contribution in [3.63, 3.8) is 0 Å². The average molecular weight is 409 g/mol. The van der Waals surface area contributed by atoms with Crippen LogP contribution in [0.2, 0.25) is 0 Å². The van der Waals surface area contributed by atoms with E-state index in [0.29, 0.717) is 6.54 Å². The fourth-order valence-corrected chi connectivity index (χ4v) is 3.91. The molecule has 0 aromatic heterocycles. The van der Waals surface area contributed by atoms with E-state index in [-0.39, 0.29) is 25.0 Å². The number of para-hydroxylation sites is 1. The van der Waals surface area contributed by atoms with E-state index in [4.69, 9.17) is 9.47 Å². The number of amides is 1. The smallest absolute Gasteiger partial charge is 0.408 e. The second kappa shape index (κ2) is 9.63. The Morgan fingerprint density at radius 2 is 1.67 bits per heavy atom. The van der Waals surface area contributed by atoms with E-state index in [2.05, 4.69) is 39.4 Å². The molecule has 7 nitrogen and oxygen atoms in total. The highest BCUT2D eigenvalue weighted by Crippen LogP contribution is 2.17. The van der Waals surface area contributed by atoms with E-state index in [1.54, 1.807) is 0 Å². The number of carbonyl (C=O) groups is 2. The summed E-state index contributed by atoms with van der Waals surface area (Å²) in [5, 5.41) is 2.86. The van der Waals surface area contributed by atoms with Gasteiger partial charge in [0, 0.05) is 38.4 Å². The SMILES string of the molecule is O=C(Cc1ccccc1)OC[C@H]1OC(=O)N[C@H]1CN1CCN(c2ccccc2)CC1. The van der Waals surface area contributed by atoms with Crippen LogP contribution in [-0.2, 0) is 20.7 Å². The van der Waals surface area contributed by atoms with Gasteiger partial charge < -0.3 is 19.7 Å². The molecule has 0 radical (unpaired) electrons. The Kier molecular flexibility index (Phi) is 6.49. The first-order valence-electron chi connectivity index (χ1n) is 10.4. The van der Waals surface area contributed by atoms with Gasteiger partial charge in [-0.3, -0.25) is 9.69 Å². The van der Waals surface area contributed by atoms with Gasteiger partial charge in [0.05, 0.1) is 12.5 Å². The Bertz CT molecular complexity index is 838.